The Bertz CT molecular complexity index is 978. The molecule has 1 aliphatic heterocycles. The lowest BCUT2D eigenvalue weighted by Crippen LogP contribution is -2.35. The number of hydrogen-bond donors (Lipinski definition) is 3. The molecule has 158 valence electrons. The average molecular weight is 417 g/mol. The fourth-order valence-electron chi connectivity index (χ4n) is 2.80. The van der Waals surface area contributed by atoms with E-state index in [1.54, 1.807) is 18.2 Å². The van der Waals surface area contributed by atoms with Crippen LogP contribution in [0.1, 0.15) is 15.9 Å². The molecule has 0 aromatic heterocycles. The molecule has 1 aliphatic rings. The molecule has 3 N–H and O–H groups in total. The molecule has 1 amide bonds. The fraction of sp³-hybridized carbons (Fsp3) is 0.263. The molecule has 0 spiro atoms. The van der Waals surface area contributed by atoms with E-state index in [9.17, 15) is 24.8 Å². The number of fused-ring (bicyclic) bond motifs is 1. The average Bonchev–Trinajstić information content (AvgIpc) is 3.23. The highest BCUT2D eigenvalue weighted by molar-refractivity contribution is 6.00. The molecule has 30 heavy (non-hydrogen) atoms. The van der Waals surface area contributed by atoms with Crippen LogP contribution in [0.15, 0.2) is 36.4 Å². The number of rotatable bonds is 8. The molecule has 0 saturated heterocycles. The number of ether oxygens (including phenoxy) is 3. The largest absolute Gasteiger partial charge is 0.467 e. The van der Waals surface area contributed by atoms with Gasteiger partial charge in [-0.25, -0.2) is 4.79 Å². The van der Waals surface area contributed by atoms with Gasteiger partial charge in [0, 0.05) is 24.4 Å². The second-order valence-electron chi connectivity index (χ2n) is 6.26. The van der Waals surface area contributed by atoms with Gasteiger partial charge in [-0.2, -0.15) is 0 Å². The third-order valence-corrected chi connectivity index (χ3v) is 4.35. The topological polar surface area (TPSA) is 149 Å². The number of anilines is 1. The molecule has 0 fully saturated rings. The Kier molecular flexibility index (Phi) is 6.32. The summed E-state index contributed by atoms with van der Waals surface area (Å²) in [5.41, 5.74) is 0.503. The Balaban J connectivity index is 1.80. The van der Waals surface area contributed by atoms with E-state index in [1.165, 1.54) is 12.1 Å². The Morgan fingerprint density at radius 1 is 1.23 bits per heavy atom. The number of carbonyl (C=O) groups is 2. The summed E-state index contributed by atoms with van der Waals surface area (Å²) in [5.74, 6) is -0.195. The van der Waals surface area contributed by atoms with Crippen LogP contribution in [0.25, 0.3) is 0 Å². The highest BCUT2D eigenvalue weighted by Gasteiger charge is 2.23. The lowest BCUT2D eigenvalue weighted by molar-refractivity contribution is -0.384. The van der Waals surface area contributed by atoms with Crippen molar-refractivity contribution in [1.82, 2.24) is 5.32 Å². The molecule has 2 aromatic carbocycles. The highest BCUT2D eigenvalue weighted by Crippen LogP contribution is 2.32. The van der Waals surface area contributed by atoms with Gasteiger partial charge in [-0.05, 0) is 23.8 Å². The zero-order chi connectivity index (χ0) is 21.7. The Morgan fingerprint density at radius 2 is 2.00 bits per heavy atom. The molecule has 3 rings (SSSR count). The van der Waals surface area contributed by atoms with Gasteiger partial charge in [-0.15, -0.1) is 0 Å². The first-order valence-electron chi connectivity index (χ1n) is 8.83. The van der Waals surface area contributed by atoms with Crippen molar-refractivity contribution >= 4 is 23.3 Å². The maximum absolute atomic E-state index is 12.7. The molecule has 0 saturated carbocycles. The monoisotopic (exact) mass is 417 g/mol. The van der Waals surface area contributed by atoms with Gasteiger partial charge >= 0.3 is 5.97 Å². The third kappa shape index (κ3) is 4.58. The summed E-state index contributed by atoms with van der Waals surface area (Å²) in [5, 5.41) is 25.9. The van der Waals surface area contributed by atoms with Crippen LogP contribution in [0.4, 0.5) is 11.4 Å². The minimum atomic E-state index is -1.14. The van der Waals surface area contributed by atoms with Crippen molar-refractivity contribution in [2.24, 2.45) is 0 Å². The number of esters is 1. The molecule has 0 radical (unpaired) electrons. The van der Waals surface area contributed by atoms with Crippen LogP contribution < -0.4 is 20.1 Å². The second-order valence-corrected chi connectivity index (χ2v) is 6.26. The van der Waals surface area contributed by atoms with Gasteiger partial charge in [0.15, 0.2) is 11.5 Å². The van der Waals surface area contributed by atoms with E-state index in [2.05, 4.69) is 15.4 Å². The zero-order valence-electron chi connectivity index (χ0n) is 15.9. The SMILES string of the molecule is COC(=O)C(CO)Nc1ccc([N+](=O)[O-])cc1C(=O)NCc1ccc2c(c1)OCO2. The van der Waals surface area contributed by atoms with Gasteiger partial charge in [-0.1, -0.05) is 6.07 Å². The van der Waals surface area contributed by atoms with E-state index < -0.39 is 29.4 Å². The first kappa shape index (κ1) is 20.9. The molecule has 2 aromatic rings. The molecular weight excluding hydrogens is 398 g/mol. The van der Waals surface area contributed by atoms with Gasteiger partial charge in [0.1, 0.15) is 6.04 Å². The number of nitro groups is 1. The maximum atomic E-state index is 12.7. The normalized spacial score (nSPS) is 12.7. The lowest BCUT2D eigenvalue weighted by Gasteiger charge is -2.18. The molecule has 0 bridgehead atoms. The predicted molar refractivity (Wildman–Crippen MR) is 103 cm³/mol. The van der Waals surface area contributed by atoms with Gasteiger partial charge in [0.25, 0.3) is 11.6 Å². The van der Waals surface area contributed by atoms with Crippen LogP contribution in [0.3, 0.4) is 0 Å². The number of carbonyl (C=O) groups excluding carboxylic acids is 2. The van der Waals surface area contributed by atoms with Crippen LogP contribution in [0.2, 0.25) is 0 Å². The van der Waals surface area contributed by atoms with E-state index >= 15 is 0 Å². The Morgan fingerprint density at radius 3 is 2.70 bits per heavy atom. The standard InChI is InChI=1S/C19H19N3O8/c1-28-19(25)15(9-23)21-14-4-3-12(22(26)27)7-13(14)18(24)20-8-11-2-5-16-17(6-11)30-10-29-16/h2-7,15,21,23H,8-10H2,1H3,(H,20,24). The molecule has 0 aliphatic carbocycles. The first-order chi connectivity index (χ1) is 14.4. The number of hydrogen-bond acceptors (Lipinski definition) is 9. The van der Waals surface area contributed by atoms with Gasteiger partial charge < -0.3 is 30.0 Å². The van der Waals surface area contributed by atoms with Crippen molar-refractivity contribution in [2.75, 3.05) is 25.8 Å². The van der Waals surface area contributed by atoms with E-state index in [4.69, 9.17) is 9.47 Å². The van der Waals surface area contributed by atoms with E-state index in [1.807, 2.05) is 0 Å². The number of aliphatic hydroxyl groups is 1. The van der Waals surface area contributed by atoms with Crippen LogP contribution >= 0.6 is 0 Å². The van der Waals surface area contributed by atoms with Gasteiger partial charge in [-0.3, -0.25) is 14.9 Å². The fourth-order valence-corrected chi connectivity index (χ4v) is 2.80. The third-order valence-electron chi connectivity index (χ3n) is 4.35. The second kappa shape index (κ2) is 9.09. The Labute approximate surface area is 170 Å². The summed E-state index contributed by atoms with van der Waals surface area (Å²) in [6.07, 6.45) is 0. The number of nitrogens with zero attached hydrogens (tertiary/aromatic N) is 1. The zero-order valence-corrected chi connectivity index (χ0v) is 15.9. The number of nitrogens with one attached hydrogen (secondary N) is 2. The minimum Gasteiger partial charge on any atom is -0.467 e. The van der Waals surface area contributed by atoms with E-state index in [0.29, 0.717) is 11.5 Å². The quantitative estimate of drug-likeness (QED) is 0.327. The highest BCUT2D eigenvalue weighted by atomic mass is 16.7. The minimum absolute atomic E-state index is 0.0627. The van der Waals surface area contributed by atoms with Crippen molar-refractivity contribution in [3.05, 3.63) is 57.6 Å². The number of methoxy groups -OCH3 is 1. The number of aliphatic hydroxyl groups excluding tert-OH is 1. The van der Waals surface area contributed by atoms with Crippen molar-refractivity contribution in [3.8, 4) is 11.5 Å². The molecular formula is C19H19N3O8. The number of benzene rings is 2. The van der Waals surface area contributed by atoms with Crippen LogP contribution in [-0.4, -0.2) is 48.5 Å². The van der Waals surface area contributed by atoms with E-state index in [0.717, 1.165) is 18.7 Å². The number of amides is 1. The van der Waals surface area contributed by atoms with Crippen LogP contribution in [0.5, 0.6) is 11.5 Å². The summed E-state index contributed by atoms with van der Waals surface area (Å²) in [6, 6.07) is 7.60. The molecule has 1 unspecified atom stereocenters. The molecule has 11 heteroatoms. The lowest BCUT2D eigenvalue weighted by atomic mass is 10.1. The summed E-state index contributed by atoms with van der Waals surface area (Å²) < 4.78 is 15.1. The summed E-state index contributed by atoms with van der Waals surface area (Å²) >= 11 is 0. The number of nitro benzene ring substituents is 1. The van der Waals surface area contributed by atoms with Crippen LogP contribution in [0, 0.1) is 10.1 Å². The van der Waals surface area contributed by atoms with Crippen molar-refractivity contribution in [1.29, 1.82) is 0 Å². The first-order valence-corrected chi connectivity index (χ1v) is 8.83. The van der Waals surface area contributed by atoms with Crippen molar-refractivity contribution < 1.29 is 33.8 Å². The van der Waals surface area contributed by atoms with Crippen molar-refractivity contribution in [3.63, 3.8) is 0 Å². The van der Waals surface area contributed by atoms with Crippen LogP contribution in [-0.2, 0) is 16.1 Å². The van der Waals surface area contributed by atoms with Gasteiger partial charge in [0.2, 0.25) is 6.79 Å². The summed E-state index contributed by atoms with van der Waals surface area (Å²) in [7, 11) is 1.15. The molecule has 1 atom stereocenters. The summed E-state index contributed by atoms with van der Waals surface area (Å²) in [4.78, 5) is 35.0. The predicted octanol–water partition coefficient (Wildman–Crippen LogP) is 1.20. The maximum Gasteiger partial charge on any atom is 0.330 e. The van der Waals surface area contributed by atoms with E-state index in [-0.39, 0.29) is 30.3 Å². The van der Waals surface area contributed by atoms with Crippen molar-refractivity contribution in [2.45, 2.75) is 12.6 Å². The number of non-ortho nitro benzene ring substituents is 1. The summed E-state index contributed by atoms with van der Waals surface area (Å²) in [6.45, 7) is -0.347. The molecule has 11 nitrogen and oxygen atoms in total. The smallest absolute Gasteiger partial charge is 0.330 e. The Hall–Kier alpha value is -3.86. The van der Waals surface area contributed by atoms with Gasteiger partial charge in [0.05, 0.1) is 24.2 Å². The molecule has 1 heterocycles.